The van der Waals surface area contributed by atoms with E-state index in [2.05, 4.69) is 39.0 Å². The highest BCUT2D eigenvalue weighted by atomic mass is 35.5. The van der Waals surface area contributed by atoms with Gasteiger partial charge in [-0.25, -0.2) is 0 Å². The lowest BCUT2D eigenvalue weighted by Gasteiger charge is -2.38. The zero-order valence-corrected chi connectivity index (χ0v) is 13.4. The van der Waals surface area contributed by atoms with Gasteiger partial charge in [0.25, 0.3) is 0 Å². The molecular weight excluding hydrogens is 252 g/mol. The molecule has 0 bridgehead atoms. The van der Waals surface area contributed by atoms with Crippen molar-refractivity contribution in [3.63, 3.8) is 0 Å². The van der Waals surface area contributed by atoms with Gasteiger partial charge in [-0.1, -0.05) is 58.2 Å². The number of halogens is 1. The Bertz CT molecular complexity index is 416. The van der Waals surface area contributed by atoms with Crippen molar-refractivity contribution in [3.8, 4) is 0 Å². The molecule has 106 valence electrons. The molecule has 2 rings (SSSR count). The molecule has 1 heteroatoms. The number of hydrogen-bond donors (Lipinski definition) is 0. The third-order valence-corrected chi connectivity index (χ3v) is 5.67. The van der Waals surface area contributed by atoms with Gasteiger partial charge in [-0.15, -0.1) is 11.6 Å². The topological polar surface area (TPSA) is 0 Å². The summed E-state index contributed by atoms with van der Waals surface area (Å²) in [7, 11) is 0. The number of benzene rings is 1. The van der Waals surface area contributed by atoms with E-state index in [1.54, 1.807) is 0 Å². The Kier molecular flexibility index (Phi) is 4.95. The van der Waals surface area contributed by atoms with Gasteiger partial charge >= 0.3 is 0 Å². The Morgan fingerprint density at radius 3 is 2.26 bits per heavy atom. The SMILES string of the molecule is CCc1ccc(C(Cl)C2(C)CCCCC2)cc1CC. The lowest BCUT2D eigenvalue weighted by Crippen LogP contribution is -2.25. The summed E-state index contributed by atoms with van der Waals surface area (Å²) in [5, 5.41) is 0.170. The molecule has 0 aromatic heterocycles. The molecule has 1 aliphatic rings. The summed E-state index contributed by atoms with van der Waals surface area (Å²) in [6.45, 7) is 6.85. The highest BCUT2D eigenvalue weighted by molar-refractivity contribution is 6.21. The highest BCUT2D eigenvalue weighted by Crippen LogP contribution is 2.49. The summed E-state index contributed by atoms with van der Waals surface area (Å²) in [6, 6.07) is 6.90. The third kappa shape index (κ3) is 3.16. The van der Waals surface area contributed by atoms with Crippen LogP contribution in [0.3, 0.4) is 0 Å². The van der Waals surface area contributed by atoms with E-state index in [9.17, 15) is 0 Å². The predicted molar refractivity (Wildman–Crippen MR) is 85.0 cm³/mol. The minimum absolute atomic E-state index is 0.170. The van der Waals surface area contributed by atoms with Gasteiger partial charge in [-0.05, 0) is 47.8 Å². The highest BCUT2D eigenvalue weighted by Gasteiger charge is 2.35. The molecule has 1 atom stereocenters. The number of hydrogen-bond acceptors (Lipinski definition) is 0. The van der Waals surface area contributed by atoms with Crippen molar-refractivity contribution in [2.24, 2.45) is 5.41 Å². The van der Waals surface area contributed by atoms with Gasteiger partial charge in [0.05, 0.1) is 5.38 Å². The molecule has 0 radical (unpaired) electrons. The summed E-state index contributed by atoms with van der Waals surface area (Å²) in [5.74, 6) is 0. The van der Waals surface area contributed by atoms with Gasteiger partial charge in [0.2, 0.25) is 0 Å². The average molecular weight is 279 g/mol. The summed E-state index contributed by atoms with van der Waals surface area (Å²) in [5.41, 5.74) is 4.58. The fraction of sp³-hybridized carbons (Fsp3) is 0.667. The van der Waals surface area contributed by atoms with Crippen LogP contribution in [-0.2, 0) is 12.8 Å². The van der Waals surface area contributed by atoms with Crippen molar-refractivity contribution < 1.29 is 0 Å². The van der Waals surface area contributed by atoms with Crippen molar-refractivity contribution >= 4 is 11.6 Å². The molecule has 0 heterocycles. The van der Waals surface area contributed by atoms with E-state index in [0.29, 0.717) is 5.41 Å². The molecule has 1 aliphatic carbocycles. The zero-order chi connectivity index (χ0) is 13.9. The first kappa shape index (κ1) is 14.9. The van der Waals surface area contributed by atoms with Crippen molar-refractivity contribution in [1.29, 1.82) is 0 Å². The minimum atomic E-state index is 0.170. The second-order valence-electron chi connectivity index (χ2n) is 6.31. The molecule has 1 aromatic rings. The average Bonchev–Trinajstić information content (AvgIpc) is 2.46. The standard InChI is InChI=1S/C18H27Cl/c1-4-14-9-10-16(13-15(14)5-2)17(19)18(3)11-7-6-8-12-18/h9-10,13,17H,4-8,11-12H2,1-3H3. The lowest BCUT2D eigenvalue weighted by molar-refractivity contribution is 0.206. The summed E-state index contributed by atoms with van der Waals surface area (Å²) < 4.78 is 0. The van der Waals surface area contributed by atoms with Crippen LogP contribution in [-0.4, -0.2) is 0 Å². The van der Waals surface area contributed by atoms with Crippen molar-refractivity contribution in [2.45, 2.75) is 71.1 Å². The van der Waals surface area contributed by atoms with Crippen LogP contribution in [0.1, 0.15) is 74.9 Å². The summed E-state index contributed by atoms with van der Waals surface area (Å²) >= 11 is 6.85. The molecular formula is C18H27Cl. The number of aryl methyl sites for hydroxylation is 2. The van der Waals surface area contributed by atoms with E-state index in [1.165, 1.54) is 48.8 Å². The van der Waals surface area contributed by atoms with Gasteiger partial charge in [0.15, 0.2) is 0 Å². The van der Waals surface area contributed by atoms with Crippen LogP contribution in [0.25, 0.3) is 0 Å². The molecule has 0 nitrogen and oxygen atoms in total. The van der Waals surface area contributed by atoms with Crippen LogP contribution in [0.15, 0.2) is 18.2 Å². The Hall–Kier alpha value is -0.490. The van der Waals surface area contributed by atoms with Crippen molar-refractivity contribution in [1.82, 2.24) is 0 Å². The molecule has 0 N–H and O–H groups in total. The fourth-order valence-corrected chi connectivity index (χ4v) is 3.85. The van der Waals surface area contributed by atoms with E-state index in [1.807, 2.05) is 0 Å². The monoisotopic (exact) mass is 278 g/mol. The second-order valence-corrected chi connectivity index (χ2v) is 6.75. The van der Waals surface area contributed by atoms with Gasteiger partial charge in [0.1, 0.15) is 0 Å². The number of rotatable bonds is 4. The van der Waals surface area contributed by atoms with E-state index >= 15 is 0 Å². The lowest BCUT2D eigenvalue weighted by atomic mass is 9.71. The molecule has 1 fully saturated rings. The maximum atomic E-state index is 6.85. The largest absolute Gasteiger partial charge is 0.117 e. The van der Waals surface area contributed by atoms with Crippen molar-refractivity contribution in [3.05, 3.63) is 34.9 Å². The third-order valence-electron chi connectivity index (χ3n) is 4.89. The van der Waals surface area contributed by atoms with E-state index in [-0.39, 0.29) is 5.38 Å². The smallest absolute Gasteiger partial charge is 0.0638 e. The second kappa shape index (κ2) is 6.31. The zero-order valence-electron chi connectivity index (χ0n) is 12.6. The quantitative estimate of drug-likeness (QED) is 0.587. The van der Waals surface area contributed by atoms with Gasteiger partial charge < -0.3 is 0 Å². The Balaban J connectivity index is 2.25. The molecule has 19 heavy (non-hydrogen) atoms. The first-order chi connectivity index (χ1) is 9.10. The van der Waals surface area contributed by atoms with Crippen LogP contribution in [0.2, 0.25) is 0 Å². The van der Waals surface area contributed by atoms with E-state index in [4.69, 9.17) is 11.6 Å². The molecule has 0 aliphatic heterocycles. The van der Waals surface area contributed by atoms with Crippen LogP contribution in [0.4, 0.5) is 0 Å². The van der Waals surface area contributed by atoms with Crippen LogP contribution < -0.4 is 0 Å². The Morgan fingerprint density at radius 2 is 1.68 bits per heavy atom. The van der Waals surface area contributed by atoms with E-state index < -0.39 is 0 Å². The van der Waals surface area contributed by atoms with Crippen LogP contribution in [0.5, 0.6) is 0 Å². The van der Waals surface area contributed by atoms with Crippen LogP contribution in [0, 0.1) is 5.41 Å². The van der Waals surface area contributed by atoms with Gasteiger partial charge in [-0.3, -0.25) is 0 Å². The maximum Gasteiger partial charge on any atom is 0.0638 e. The number of alkyl halides is 1. The summed E-state index contributed by atoms with van der Waals surface area (Å²) in [4.78, 5) is 0. The Labute approximate surface area is 123 Å². The molecule has 0 amide bonds. The fourth-order valence-electron chi connectivity index (χ4n) is 3.49. The van der Waals surface area contributed by atoms with Crippen LogP contribution >= 0.6 is 11.6 Å². The molecule has 1 aromatic carbocycles. The maximum absolute atomic E-state index is 6.85. The minimum Gasteiger partial charge on any atom is -0.117 e. The van der Waals surface area contributed by atoms with E-state index in [0.717, 1.165) is 12.8 Å². The molecule has 0 saturated heterocycles. The first-order valence-corrected chi connectivity index (χ1v) is 8.30. The van der Waals surface area contributed by atoms with Gasteiger partial charge in [-0.2, -0.15) is 0 Å². The first-order valence-electron chi connectivity index (χ1n) is 7.86. The molecule has 1 unspecified atom stereocenters. The predicted octanol–water partition coefficient (Wildman–Crippen LogP) is 6.06. The molecule has 0 spiro atoms. The molecule has 1 saturated carbocycles. The summed E-state index contributed by atoms with van der Waals surface area (Å²) in [6.07, 6.45) is 8.84. The van der Waals surface area contributed by atoms with Crippen molar-refractivity contribution in [2.75, 3.05) is 0 Å². The Morgan fingerprint density at radius 1 is 1.05 bits per heavy atom. The van der Waals surface area contributed by atoms with Gasteiger partial charge in [0, 0.05) is 0 Å². The normalized spacial score (nSPS) is 20.2.